The van der Waals surface area contributed by atoms with Crippen LogP contribution in [0, 0.1) is 13.8 Å². The molecular weight excluding hydrogens is 228 g/mol. The molecule has 0 aliphatic heterocycles. The van der Waals surface area contributed by atoms with E-state index in [1.807, 2.05) is 20.8 Å². The topological polar surface area (TPSA) is 75.4 Å². The van der Waals surface area contributed by atoms with Gasteiger partial charge in [-0.25, -0.2) is 0 Å². The Morgan fingerprint density at radius 2 is 1.94 bits per heavy atom. The number of hydrogen-bond acceptors (Lipinski definition) is 3. The maximum absolute atomic E-state index is 11.7. The van der Waals surface area contributed by atoms with E-state index in [0.717, 1.165) is 23.1 Å². The molecule has 4 nitrogen and oxygen atoms in total. The second-order valence-electron chi connectivity index (χ2n) is 4.66. The van der Waals surface area contributed by atoms with Crippen LogP contribution in [-0.4, -0.2) is 23.6 Å². The highest BCUT2D eigenvalue weighted by atomic mass is 16.3. The molecule has 0 radical (unpaired) electrons. The van der Waals surface area contributed by atoms with Crippen molar-refractivity contribution < 1.29 is 9.90 Å². The number of amides is 1. The number of aryl methyl sites for hydroxylation is 2. The van der Waals surface area contributed by atoms with Gasteiger partial charge in [0.2, 0.25) is 5.91 Å². The van der Waals surface area contributed by atoms with Crippen molar-refractivity contribution in [1.82, 2.24) is 5.32 Å². The minimum absolute atomic E-state index is 0.122. The van der Waals surface area contributed by atoms with Gasteiger partial charge in [0.15, 0.2) is 0 Å². The fourth-order valence-electron chi connectivity index (χ4n) is 1.98. The Morgan fingerprint density at radius 1 is 1.39 bits per heavy atom. The minimum atomic E-state index is -0.543. The van der Waals surface area contributed by atoms with Gasteiger partial charge in [0, 0.05) is 6.54 Å². The second kappa shape index (κ2) is 6.40. The minimum Gasteiger partial charge on any atom is -0.508 e. The van der Waals surface area contributed by atoms with Gasteiger partial charge < -0.3 is 16.2 Å². The molecule has 0 heterocycles. The number of benzene rings is 1. The van der Waals surface area contributed by atoms with Gasteiger partial charge in [-0.15, -0.1) is 0 Å². The molecule has 1 aromatic carbocycles. The van der Waals surface area contributed by atoms with Crippen molar-refractivity contribution in [2.75, 3.05) is 6.54 Å². The number of phenols is 1. The highest BCUT2D eigenvalue weighted by molar-refractivity contribution is 5.81. The molecule has 100 valence electrons. The van der Waals surface area contributed by atoms with E-state index in [1.165, 1.54) is 0 Å². The lowest BCUT2D eigenvalue weighted by atomic mass is 9.96. The summed E-state index contributed by atoms with van der Waals surface area (Å²) in [6.45, 7) is 6.48. The largest absolute Gasteiger partial charge is 0.508 e. The molecule has 0 unspecified atom stereocenters. The van der Waals surface area contributed by atoms with E-state index < -0.39 is 6.04 Å². The molecule has 18 heavy (non-hydrogen) atoms. The molecule has 0 aromatic heterocycles. The summed E-state index contributed by atoms with van der Waals surface area (Å²) in [7, 11) is 0. The van der Waals surface area contributed by atoms with Crippen molar-refractivity contribution in [2.45, 2.75) is 39.7 Å². The Morgan fingerprint density at radius 3 is 2.44 bits per heavy atom. The van der Waals surface area contributed by atoms with Crippen LogP contribution in [0.1, 0.15) is 30.0 Å². The van der Waals surface area contributed by atoms with Crippen LogP contribution in [0.15, 0.2) is 12.1 Å². The monoisotopic (exact) mass is 250 g/mol. The van der Waals surface area contributed by atoms with Crippen molar-refractivity contribution in [3.05, 3.63) is 28.8 Å². The zero-order chi connectivity index (χ0) is 13.7. The summed E-state index contributed by atoms with van der Waals surface area (Å²) >= 11 is 0. The number of carbonyl (C=O) groups excluding carboxylic acids is 1. The maximum Gasteiger partial charge on any atom is 0.237 e. The zero-order valence-corrected chi connectivity index (χ0v) is 11.3. The van der Waals surface area contributed by atoms with E-state index in [1.54, 1.807) is 12.1 Å². The Hall–Kier alpha value is -1.55. The van der Waals surface area contributed by atoms with E-state index in [2.05, 4.69) is 5.32 Å². The summed E-state index contributed by atoms with van der Waals surface area (Å²) < 4.78 is 0. The first-order valence-corrected chi connectivity index (χ1v) is 6.28. The molecule has 0 saturated heterocycles. The van der Waals surface area contributed by atoms with Crippen molar-refractivity contribution >= 4 is 5.91 Å². The molecule has 1 aromatic rings. The summed E-state index contributed by atoms with van der Waals surface area (Å²) in [4.78, 5) is 11.7. The van der Waals surface area contributed by atoms with Gasteiger partial charge >= 0.3 is 0 Å². The summed E-state index contributed by atoms with van der Waals surface area (Å²) in [5.74, 6) is 0.126. The van der Waals surface area contributed by atoms with Crippen LogP contribution in [0.5, 0.6) is 5.75 Å². The molecular formula is C14H22N2O2. The number of aromatic hydroxyl groups is 1. The summed E-state index contributed by atoms with van der Waals surface area (Å²) in [5, 5.41) is 12.3. The van der Waals surface area contributed by atoms with Crippen molar-refractivity contribution in [2.24, 2.45) is 5.73 Å². The van der Waals surface area contributed by atoms with Crippen LogP contribution < -0.4 is 11.1 Å². The number of nitrogens with two attached hydrogens (primary N) is 1. The molecule has 1 amide bonds. The predicted molar refractivity (Wildman–Crippen MR) is 72.6 cm³/mol. The highest BCUT2D eigenvalue weighted by Crippen LogP contribution is 2.21. The Balaban J connectivity index is 2.75. The molecule has 0 saturated carbocycles. The fourth-order valence-corrected chi connectivity index (χ4v) is 1.98. The molecule has 0 fully saturated rings. The number of nitrogens with one attached hydrogen (secondary N) is 1. The van der Waals surface area contributed by atoms with E-state index in [9.17, 15) is 9.90 Å². The Labute approximate surface area is 108 Å². The van der Waals surface area contributed by atoms with Gasteiger partial charge in [-0.2, -0.15) is 0 Å². The van der Waals surface area contributed by atoms with Gasteiger partial charge in [0.1, 0.15) is 5.75 Å². The highest BCUT2D eigenvalue weighted by Gasteiger charge is 2.16. The predicted octanol–water partition coefficient (Wildman–Crippen LogP) is 1.41. The van der Waals surface area contributed by atoms with E-state index >= 15 is 0 Å². The number of hydrogen-bond donors (Lipinski definition) is 3. The van der Waals surface area contributed by atoms with Gasteiger partial charge in [-0.1, -0.05) is 6.92 Å². The van der Waals surface area contributed by atoms with Gasteiger partial charge in [0.05, 0.1) is 6.04 Å². The van der Waals surface area contributed by atoms with Crippen LogP contribution in [0.3, 0.4) is 0 Å². The summed E-state index contributed by atoms with van der Waals surface area (Å²) in [6.07, 6.45) is 1.39. The fraction of sp³-hybridized carbons (Fsp3) is 0.500. The van der Waals surface area contributed by atoms with Gasteiger partial charge in [0.25, 0.3) is 0 Å². The first-order valence-electron chi connectivity index (χ1n) is 6.28. The zero-order valence-electron chi connectivity index (χ0n) is 11.3. The summed E-state index contributed by atoms with van der Waals surface area (Å²) in [5.41, 5.74) is 8.85. The smallest absolute Gasteiger partial charge is 0.237 e. The Bertz CT molecular complexity index is 407. The molecule has 1 rings (SSSR count). The van der Waals surface area contributed by atoms with Crippen LogP contribution in [-0.2, 0) is 11.2 Å². The number of phenolic OH excluding ortho intramolecular Hbond substituents is 1. The lowest BCUT2D eigenvalue weighted by molar-refractivity contribution is -0.122. The Kier molecular flexibility index (Phi) is 5.16. The van der Waals surface area contributed by atoms with Crippen molar-refractivity contribution in [1.29, 1.82) is 0 Å². The average Bonchev–Trinajstić information content (AvgIpc) is 2.30. The van der Waals surface area contributed by atoms with Crippen LogP contribution in [0.4, 0.5) is 0 Å². The van der Waals surface area contributed by atoms with Crippen LogP contribution in [0.25, 0.3) is 0 Å². The van der Waals surface area contributed by atoms with Crippen LogP contribution in [0.2, 0.25) is 0 Å². The SMILES string of the molecule is CCCNC(=O)[C@@H](N)Cc1c(C)cc(O)cc1C. The molecule has 0 bridgehead atoms. The first kappa shape index (κ1) is 14.5. The molecule has 0 aliphatic carbocycles. The third-order valence-electron chi connectivity index (χ3n) is 2.99. The molecule has 4 heteroatoms. The lowest BCUT2D eigenvalue weighted by Crippen LogP contribution is -2.42. The normalized spacial score (nSPS) is 12.2. The molecule has 4 N–H and O–H groups in total. The van der Waals surface area contributed by atoms with E-state index in [-0.39, 0.29) is 11.7 Å². The standard InChI is InChI=1S/C14H22N2O2/c1-4-5-16-14(18)13(15)8-12-9(2)6-11(17)7-10(12)3/h6-7,13,17H,4-5,8,15H2,1-3H3,(H,16,18)/t13-/m0/s1. The maximum atomic E-state index is 11.7. The van der Waals surface area contributed by atoms with Crippen molar-refractivity contribution in [3.8, 4) is 5.75 Å². The third-order valence-corrected chi connectivity index (χ3v) is 2.99. The average molecular weight is 250 g/mol. The third kappa shape index (κ3) is 3.74. The number of rotatable bonds is 5. The quantitative estimate of drug-likeness (QED) is 0.739. The molecule has 0 spiro atoms. The summed E-state index contributed by atoms with van der Waals surface area (Å²) in [6, 6.07) is 2.84. The molecule has 0 aliphatic rings. The van der Waals surface area contributed by atoms with Gasteiger partial charge in [-0.05, 0) is 55.5 Å². The van der Waals surface area contributed by atoms with Crippen LogP contribution >= 0.6 is 0 Å². The first-order chi connectivity index (χ1) is 8.45. The second-order valence-corrected chi connectivity index (χ2v) is 4.66. The van der Waals surface area contributed by atoms with E-state index in [4.69, 9.17) is 5.73 Å². The van der Waals surface area contributed by atoms with Gasteiger partial charge in [-0.3, -0.25) is 4.79 Å². The van der Waals surface area contributed by atoms with Crippen molar-refractivity contribution in [3.63, 3.8) is 0 Å². The number of carbonyl (C=O) groups is 1. The lowest BCUT2D eigenvalue weighted by Gasteiger charge is -2.15. The molecule has 1 atom stereocenters. The van der Waals surface area contributed by atoms with E-state index in [0.29, 0.717) is 13.0 Å².